The van der Waals surface area contributed by atoms with E-state index in [0.717, 1.165) is 38.8 Å². The van der Waals surface area contributed by atoms with Gasteiger partial charge in [-0.2, -0.15) is 0 Å². The molecule has 0 amide bonds. The average Bonchev–Trinajstić information content (AvgIpc) is 2.28. The number of carbonyl (C=O) groups excluding carboxylic acids is 1. The Hall–Kier alpha value is -0.570. The summed E-state index contributed by atoms with van der Waals surface area (Å²) in [5.41, 5.74) is -0.255. The van der Waals surface area contributed by atoms with Gasteiger partial charge in [0.15, 0.2) is 0 Å². The minimum Gasteiger partial charge on any atom is -0.462 e. The molecule has 0 bridgehead atoms. The van der Waals surface area contributed by atoms with Gasteiger partial charge >= 0.3 is 5.97 Å². The second-order valence-corrected chi connectivity index (χ2v) is 6.76. The Kier molecular flexibility index (Phi) is 4.31. The molecule has 2 atom stereocenters. The molecule has 18 heavy (non-hydrogen) atoms. The van der Waals surface area contributed by atoms with Gasteiger partial charge in [-0.05, 0) is 64.0 Å². The standard InChI is InChI=1S/C15H27NO2/c1-11-8-12(2)10-13(9-11)18-14(17)15(3)4-6-16-7-5-15/h11-13,16H,4-10H2,1-3H3. The summed E-state index contributed by atoms with van der Waals surface area (Å²) < 4.78 is 5.81. The summed E-state index contributed by atoms with van der Waals surface area (Å²) >= 11 is 0. The molecule has 0 aromatic heterocycles. The average molecular weight is 253 g/mol. The molecular weight excluding hydrogens is 226 g/mol. The van der Waals surface area contributed by atoms with Gasteiger partial charge in [0.05, 0.1) is 5.41 Å². The maximum atomic E-state index is 12.4. The highest BCUT2D eigenvalue weighted by Gasteiger charge is 2.38. The van der Waals surface area contributed by atoms with E-state index in [1.165, 1.54) is 6.42 Å². The minimum atomic E-state index is -0.255. The lowest BCUT2D eigenvalue weighted by Crippen LogP contribution is -2.43. The molecule has 3 heteroatoms. The predicted molar refractivity (Wildman–Crippen MR) is 72.3 cm³/mol. The highest BCUT2D eigenvalue weighted by Crippen LogP contribution is 2.34. The zero-order chi connectivity index (χ0) is 13.2. The number of piperidine rings is 1. The van der Waals surface area contributed by atoms with Gasteiger partial charge in [-0.15, -0.1) is 0 Å². The van der Waals surface area contributed by atoms with Crippen molar-refractivity contribution in [1.29, 1.82) is 0 Å². The first kappa shape index (κ1) is 13.9. The fraction of sp³-hybridized carbons (Fsp3) is 0.933. The lowest BCUT2D eigenvalue weighted by Gasteiger charge is -2.36. The van der Waals surface area contributed by atoms with E-state index in [-0.39, 0.29) is 17.5 Å². The number of rotatable bonds is 2. The largest absolute Gasteiger partial charge is 0.462 e. The predicted octanol–water partition coefficient (Wildman–Crippen LogP) is 2.74. The van der Waals surface area contributed by atoms with Crippen LogP contribution in [0.25, 0.3) is 0 Å². The van der Waals surface area contributed by atoms with Crippen LogP contribution >= 0.6 is 0 Å². The zero-order valence-corrected chi connectivity index (χ0v) is 12.0. The van der Waals surface area contributed by atoms with Crippen LogP contribution in [-0.2, 0) is 9.53 Å². The van der Waals surface area contributed by atoms with E-state index in [9.17, 15) is 4.79 Å². The van der Waals surface area contributed by atoms with Crippen molar-refractivity contribution < 1.29 is 9.53 Å². The van der Waals surface area contributed by atoms with Crippen molar-refractivity contribution in [1.82, 2.24) is 5.32 Å². The monoisotopic (exact) mass is 253 g/mol. The van der Waals surface area contributed by atoms with Crippen LogP contribution < -0.4 is 5.32 Å². The van der Waals surface area contributed by atoms with E-state index >= 15 is 0 Å². The molecule has 1 aliphatic heterocycles. The van der Waals surface area contributed by atoms with Gasteiger partial charge in [-0.25, -0.2) is 0 Å². The Labute approximate surface area is 111 Å². The lowest BCUT2D eigenvalue weighted by molar-refractivity contribution is -0.165. The summed E-state index contributed by atoms with van der Waals surface area (Å²) in [5.74, 6) is 1.41. The van der Waals surface area contributed by atoms with Crippen molar-refractivity contribution in [3.63, 3.8) is 0 Å². The van der Waals surface area contributed by atoms with Crippen LogP contribution in [0.3, 0.4) is 0 Å². The molecular formula is C15H27NO2. The molecule has 0 aromatic rings. The number of esters is 1. The number of carbonyl (C=O) groups is 1. The summed E-state index contributed by atoms with van der Waals surface area (Å²) in [6.45, 7) is 8.46. The lowest BCUT2D eigenvalue weighted by atomic mass is 9.80. The second kappa shape index (κ2) is 5.60. The van der Waals surface area contributed by atoms with Gasteiger partial charge in [0.25, 0.3) is 0 Å². The van der Waals surface area contributed by atoms with Crippen molar-refractivity contribution in [2.45, 2.75) is 59.0 Å². The van der Waals surface area contributed by atoms with Crippen molar-refractivity contribution in [2.24, 2.45) is 17.3 Å². The molecule has 1 N–H and O–H groups in total. The van der Waals surface area contributed by atoms with Gasteiger partial charge < -0.3 is 10.1 Å². The van der Waals surface area contributed by atoms with Gasteiger partial charge in [0.1, 0.15) is 6.10 Å². The maximum Gasteiger partial charge on any atom is 0.312 e. The van der Waals surface area contributed by atoms with Crippen molar-refractivity contribution in [2.75, 3.05) is 13.1 Å². The van der Waals surface area contributed by atoms with E-state index in [1.807, 2.05) is 0 Å². The molecule has 0 radical (unpaired) electrons. The summed E-state index contributed by atoms with van der Waals surface area (Å²) in [5, 5.41) is 3.30. The maximum absolute atomic E-state index is 12.4. The SMILES string of the molecule is CC1CC(C)CC(OC(=O)C2(C)CCNCC2)C1. The molecule has 104 valence electrons. The Balaban J connectivity index is 1.90. The van der Waals surface area contributed by atoms with E-state index in [2.05, 4.69) is 26.1 Å². The Morgan fingerprint density at radius 2 is 1.67 bits per heavy atom. The number of nitrogens with one attached hydrogen (secondary N) is 1. The third-order valence-electron chi connectivity index (χ3n) is 4.61. The quantitative estimate of drug-likeness (QED) is 0.769. The van der Waals surface area contributed by atoms with Crippen LogP contribution in [-0.4, -0.2) is 25.2 Å². The van der Waals surface area contributed by atoms with Crippen molar-refractivity contribution in [3.8, 4) is 0 Å². The Morgan fingerprint density at radius 3 is 2.22 bits per heavy atom. The van der Waals surface area contributed by atoms with Crippen LogP contribution in [0.4, 0.5) is 0 Å². The molecule has 0 aromatic carbocycles. The fourth-order valence-electron chi connectivity index (χ4n) is 3.45. The zero-order valence-electron chi connectivity index (χ0n) is 12.0. The summed E-state index contributed by atoms with van der Waals surface area (Å²) in [4.78, 5) is 12.4. The molecule has 2 unspecified atom stereocenters. The molecule has 1 saturated carbocycles. The van der Waals surface area contributed by atoms with E-state index in [4.69, 9.17) is 4.74 Å². The first-order valence-corrected chi connectivity index (χ1v) is 7.41. The molecule has 3 nitrogen and oxygen atoms in total. The van der Waals surface area contributed by atoms with E-state index < -0.39 is 0 Å². The van der Waals surface area contributed by atoms with Crippen LogP contribution in [0.5, 0.6) is 0 Å². The van der Waals surface area contributed by atoms with E-state index in [1.54, 1.807) is 0 Å². The van der Waals surface area contributed by atoms with Gasteiger partial charge in [0, 0.05) is 0 Å². The topological polar surface area (TPSA) is 38.3 Å². The van der Waals surface area contributed by atoms with Gasteiger partial charge in [-0.1, -0.05) is 13.8 Å². The highest BCUT2D eigenvalue weighted by atomic mass is 16.5. The molecule has 2 fully saturated rings. The van der Waals surface area contributed by atoms with Gasteiger partial charge in [-0.3, -0.25) is 4.79 Å². The third kappa shape index (κ3) is 3.25. The van der Waals surface area contributed by atoms with Crippen molar-refractivity contribution in [3.05, 3.63) is 0 Å². The molecule has 2 rings (SSSR count). The van der Waals surface area contributed by atoms with Crippen LogP contribution in [0.1, 0.15) is 52.9 Å². The summed E-state index contributed by atoms with van der Waals surface area (Å²) in [6.07, 6.45) is 5.33. The first-order valence-electron chi connectivity index (χ1n) is 7.41. The van der Waals surface area contributed by atoms with Crippen molar-refractivity contribution >= 4 is 5.97 Å². The molecule has 1 aliphatic carbocycles. The third-order valence-corrected chi connectivity index (χ3v) is 4.61. The number of hydrogen-bond donors (Lipinski definition) is 1. The second-order valence-electron chi connectivity index (χ2n) is 6.76. The number of hydrogen-bond acceptors (Lipinski definition) is 3. The normalized spacial score (nSPS) is 36.1. The fourth-order valence-corrected chi connectivity index (χ4v) is 3.45. The van der Waals surface area contributed by atoms with Crippen LogP contribution in [0.15, 0.2) is 0 Å². The minimum absolute atomic E-state index is 0.0373. The Bertz CT molecular complexity index is 287. The summed E-state index contributed by atoms with van der Waals surface area (Å²) in [7, 11) is 0. The molecule has 1 saturated heterocycles. The van der Waals surface area contributed by atoms with Gasteiger partial charge in [0.2, 0.25) is 0 Å². The molecule has 1 heterocycles. The van der Waals surface area contributed by atoms with Crippen LogP contribution in [0, 0.1) is 17.3 Å². The highest BCUT2D eigenvalue weighted by molar-refractivity contribution is 5.76. The molecule has 0 spiro atoms. The summed E-state index contributed by atoms with van der Waals surface area (Å²) in [6, 6.07) is 0. The molecule has 2 aliphatic rings. The van der Waals surface area contributed by atoms with Crippen LogP contribution in [0.2, 0.25) is 0 Å². The smallest absolute Gasteiger partial charge is 0.312 e. The number of ether oxygens (including phenoxy) is 1. The Morgan fingerprint density at radius 1 is 1.11 bits per heavy atom. The van der Waals surface area contributed by atoms with E-state index in [0.29, 0.717) is 11.8 Å². The first-order chi connectivity index (χ1) is 8.49.